The van der Waals surface area contributed by atoms with E-state index >= 15 is 0 Å². The van der Waals surface area contributed by atoms with Gasteiger partial charge in [0.25, 0.3) is 30.1 Å². The fraction of sp³-hybridized carbons (Fsp3) is 0.667. The molecule has 0 aromatic heterocycles. The molecule has 25 nitrogen and oxygen atoms in total. The molecule has 92 heavy (non-hydrogen) atoms. The minimum atomic E-state index is -0.597. The van der Waals surface area contributed by atoms with Gasteiger partial charge in [0, 0.05) is 104 Å². The molecule has 521 valence electrons. The summed E-state index contributed by atoms with van der Waals surface area (Å²) in [4.78, 5) is 124. The van der Waals surface area contributed by atoms with Crippen molar-refractivity contribution in [2.45, 2.75) is 212 Å². The van der Waals surface area contributed by atoms with E-state index < -0.39 is 28.5 Å². The lowest BCUT2D eigenvalue weighted by Crippen LogP contribution is -2.45. The van der Waals surface area contributed by atoms with Gasteiger partial charge < -0.3 is 65.0 Å². The third-order valence-electron chi connectivity index (χ3n) is 12.0. The van der Waals surface area contributed by atoms with E-state index in [0.29, 0.717) is 93.6 Å². The summed E-state index contributed by atoms with van der Waals surface area (Å²) in [7, 11) is 1.87. The fourth-order valence-corrected chi connectivity index (χ4v) is 7.76. The molecule has 0 unspecified atom stereocenters. The molecule has 0 spiro atoms. The minimum absolute atomic E-state index is 0. The van der Waals surface area contributed by atoms with Crippen LogP contribution >= 0.6 is 0 Å². The summed E-state index contributed by atoms with van der Waals surface area (Å²) in [5.74, 6) is -1.00. The third kappa shape index (κ3) is 36.1. The van der Waals surface area contributed by atoms with Gasteiger partial charge in [-0.2, -0.15) is 0 Å². The predicted octanol–water partition coefficient (Wildman–Crippen LogP) is 8.83. The summed E-state index contributed by atoms with van der Waals surface area (Å²) in [6, 6.07) is 14.3. The standard InChI is InChI=1S/C18H24N2O4.C13H16N2O2.C11H22N2O3.C11H24N2O2.C10H22N2O2.C3H6O2.B/c1-12(2)19(17(23)24-18(3,4)5)10-11-20-15(21)13-8-6-7-9-14(13)16(20)22;1-9(2)14-7-8-15-12(16)10-5-3-4-6-11(10)13(15)17;1-9(2)13(7-6-12-8-14)10(15)16-11(3,4)5;1-9(2)13(8-7-12-6)10(14)15-11(3,4)5;1-8(2)12(7-6-11)9(13)14-10(3,4)5;1-2-5-3-4;/h6-9,12H,10-11H2,1-5H3;3-6,9,14H,7-8H2,1-2H3;8-9H,6-7H2,1-5H3,(H,12,14);9,12H,7-8H2,1-6H3;8H,6-7,11H2,1-5H3;3H,2H2,1H3;. The quantitative estimate of drug-likeness (QED) is 0.0281. The zero-order valence-corrected chi connectivity index (χ0v) is 59.9. The number of nitrogens with one attached hydrogen (secondary N) is 3. The Morgan fingerprint density at radius 2 is 0.783 bits per heavy atom. The van der Waals surface area contributed by atoms with Crippen molar-refractivity contribution in [3.8, 4) is 0 Å². The number of nitrogens with two attached hydrogens (primary N) is 1. The highest BCUT2D eigenvalue weighted by atomic mass is 16.6. The molecule has 3 radical (unpaired) electrons. The van der Waals surface area contributed by atoms with Gasteiger partial charge >= 0.3 is 24.4 Å². The molecule has 5 N–H and O–H groups in total. The molecule has 2 heterocycles. The van der Waals surface area contributed by atoms with Crippen LogP contribution in [0, 0.1) is 0 Å². The van der Waals surface area contributed by atoms with Gasteiger partial charge in [-0.15, -0.1) is 0 Å². The van der Waals surface area contributed by atoms with E-state index in [4.69, 9.17) is 24.7 Å². The van der Waals surface area contributed by atoms with Crippen molar-refractivity contribution in [1.82, 2.24) is 45.3 Å². The Kier molecular flexibility index (Phi) is 42.0. The van der Waals surface area contributed by atoms with Crippen molar-refractivity contribution in [3.63, 3.8) is 0 Å². The predicted molar refractivity (Wildman–Crippen MR) is 360 cm³/mol. The number of fused-ring (bicyclic) bond motifs is 2. The van der Waals surface area contributed by atoms with E-state index in [-0.39, 0.29) is 87.6 Å². The number of rotatable bonds is 22. The Bertz CT molecular complexity index is 2500. The number of hydrogen-bond donors (Lipinski definition) is 4. The molecule has 4 rings (SSSR count). The Morgan fingerprint density at radius 1 is 0.489 bits per heavy atom. The molecule has 2 aliphatic rings. The Labute approximate surface area is 551 Å². The molecule has 0 saturated heterocycles. The second kappa shape index (κ2) is 43.5. The van der Waals surface area contributed by atoms with Crippen LogP contribution in [0.5, 0.6) is 0 Å². The number of benzene rings is 2. The molecule has 0 atom stereocenters. The molecule has 9 amide bonds. The summed E-state index contributed by atoms with van der Waals surface area (Å²) in [6.07, 6.45) is -0.719. The first-order valence-electron chi connectivity index (χ1n) is 31.2. The van der Waals surface area contributed by atoms with Crippen LogP contribution in [0.25, 0.3) is 0 Å². The highest BCUT2D eigenvalue weighted by Crippen LogP contribution is 2.24. The monoisotopic (exact) mass is 1300 g/mol. The van der Waals surface area contributed by atoms with Gasteiger partial charge in [0.2, 0.25) is 6.41 Å². The highest BCUT2D eigenvalue weighted by Gasteiger charge is 2.37. The van der Waals surface area contributed by atoms with Crippen LogP contribution in [0.1, 0.15) is 201 Å². The first-order valence-corrected chi connectivity index (χ1v) is 31.2. The molecule has 2 aliphatic heterocycles. The van der Waals surface area contributed by atoms with Gasteiger partial charge in [-0.3, -0.25) is 38.6 Å². The number of imide groups is 2. The van der Waals surface area contributed by atoms with Gasteiger partial charge in [-0.1, -0.05) is 38.1 Å². The molecule has 26 heteroatoms. The third-order valence-corrected chi connectivity index (χ3v) is 12.0. The SMILES string of the molecule is CC(C)N(CCN)C(=O)OC(C)(C)C.CC(C)N(CCN1C(=O)c2ccccc2C1=O)C(=O)OC(C)(C)C.CC(C)N(CCNC=O)C(=O)OC(C)(C)C.CC(C)NCCN1C(=O)c2ccccc2C1=O.CCOC=O.CNCCN(C(=O)OC(C)(C)C)C(C)C.[B]. The Morgan fingerprint density at radius 3 is 1.02 bits per heavy atom. The first kappa shape index (κ1) is 88.9. The van der Waals surface area contributed by atoms with Crippen LogP contribution in [-0.4, -0.2) is 230 Å². The van der Waals surface area contributed by atoms with Gasteiger partial charge in [0.05, 0.1) is 28.9 Å². The van der Waals surface area contributed by atoms with Crippen molar-refractivity contribution < 1.29 is 71.6 Å². The maximum Gasteiger partial charge on any atom is 0.410 e. The van der Waals surface area contributed by atoms with E-state index in [1.165, 1.54) is 14.7 Å². The van der Waals surface area contributed by atoms with Crippen molar-refractivity contribution in [2.24, 2.45) is 5.73 Å². The number of carbonyl (C=O) groups excluding carboxylic acids is 10. The lowest BCUT2D eigenvalue weighted by atomic mass is 10.1. The van der Waals surface area contributed by atoms with Gasteiger partial charge in [0.1, 0.15) is 22.4 Å². The smallest absolute Gasteiger partial charge is 0.410 e. The second-order valence-electron chi connectivity index (χ2n) is 26.3. The maximum atomic E-state index is 12.4. The molecule has 2 aromatic carbocycles. The Hall–Kier alpha value is -7.32. The van der Waals surface area contributed by atoms with Gasteiger partial charge in [0.15, 0.2) is 0 Å². The summed E-state index contributed by atoms with van der Waals surface area (Å²) < 4.78 is 25.4. The number of hydrogen-bond acceptors (Lipinski definition) is 18. The number of amides is 9. The molecular weight excluding hydrogens is 1180 g/mol. The second-order valence-corrected chi connectivity index (χ2v) is 26.3. The molecular formula is C66H114BN10O15. The van der Waals surface area contributed by atoms with E-state index in [9.17, 15) is 47.9 Å². The summed E-state index contributed by atoms with van der Waals surface area (Å²) in [5, 5.41) is 8.74. The number of nitrogens with zero attached hydrogens (tertiary/aromatic N) is 6. The summed E-state index contributed by atoms with van der Waals surface area (Å²) in [6.45, 7) is 48.9. The van der Waals surface area contributed by atoms with Crippen LogP contribution < -0.4 is 21.7 Å². The average molecular weight is 1300 g/mol. The van der Waals surface area contributed by atoms with E-state index in [1.807, 2.05) is 139 Å². The van der Waals surface area contributed by atoms with E-state index in [2.05, 4.69) is 20.7 Å². The number of likely N-dealkylation sites (N-methyl/N-ethyl adjacent to an activating group) is 1. The largest absolute Gasteiger partial charge is 0.468 e. The van der Waals surface area contributed by atoms with Crippen LogP contribution in [0.3, 0.4) is 0 Å². The minimum Gasteiger partial charge on any atom is -0.468 e. The molecule has 0 aliphatic carbocycles. The average Bonchev–Trinajstić information content (AvgIpc) is 1.66. The Balaban J connectivity index is -0.00000107. The normalized spacial score (nSPS) is 12.4. The zero-order valence-electron chi connectivity index (χ0n) is 59.9. The zero-order chi connectivity index (χ0) is 70.8. The van der Waals surface area contributed by atoms with Crippen LogP contribution in [0.2, 0.25) is 0 Å². The topological polar surface area (TPSA) is 298 Å². The first-order chi connectivity index (χ1) is 42.0. The van der Waals surface area contributed by atoms with Crippen molar-refractivity contribution in [2.75, 3.05) is 79.1 Å². The number of carbonyl (C=O) groups is 10. The number of ether oxygens (including phenoxy) is 5. The highest BCUT2D eigenvalue weighted by molar-refractivity contribution is 6.22. The van der Waals surface area contributed by atoms with Crippen molar-refractivity contribution in [3.05, 3.63) is 70.8 Å². The van der Waals surface area contributed by atoms with Crippen LogP contribution in [0.15, 0.2) is 48.5 Å². The fourth-order valence-electron chi connectivity index (χ4n) is 7.76. The van der Waals surface area contributed by atoms with Gasteiger partial charge in [-0.05, 0) is 177 Å². The van der Waals surface area contributed by atoms with E-state index in [0.717, 1.165) is 6.54 Å². The lowest BCUT2D eigenvalue weighted by Gasteiger charge is -2.31. The maximum absolute atomic E-state index is 12.4. The van der Waals surface area contributed by atoms with Crippen molar-refractivity contribution in [1.29, 1.82) is 0 Å². The van der Waals surface area contributed by atoms with Crippen LogP contribution in [0.4, 0.5) is 19.2 Å². The van der Waals surface area contributed by atoms with E-state index in [1.54, 1.807) is 90.9 Å². The lowest BCUT2D eigenvalue weighted by molar-refractivity contribution is -0.128. The molecule has 2 aromatic rings. The molecule has 0 saturated carbocycles. The van der Waals surface area contributed by atoms with Crippen LogP contribution in [-0.2, 0) is 33.3 Å². The summed E-state index contributed by atoms with van der Waals surface area (Å²) >= 11 is 0. The van der Waals surface area contributed by atoms with Crippen molar-refractivity contribution >= 4 is 69.3 Å². The summed E-state index contributed by atoms with van der Waals surface area (Å²) in [5.41, 5.74) is 5.31. The van der Waals surface area contributed by atoms with Gasteiger partial charge in [-0.25, -0.2) is 19.2 Å². The molecule has 0 fully saturated rings. The molecule has 0 bridgehead atoms.